The number of aliphatic hydroxyl groups is 13. The van der Waals surface area contributed by atoms with E-state index in [1.54, 1.807) is 0 Å². The molecule has 0 aromatic heterocycles. The van der Waals surface area contributed by atoms with Gasteiger partial charge in [0.2, 0.25) is 11.6 Å². The van der Waals surface area contributed by atoms with Crippen LogP contribution in [0.3, 0.4) is 0 Å². The molecule has 18 heteroatoms. The van der Waals surface area contributed by atoms with Gasteiger partial charge in [0.05, 0.1) is 19.8 Å². The molecule has 0 bridgehead atoms. The molecule has 15 atom stereocenters. The van der Waals surface area contributed by atoms with E-state index >= 15 is 0 Å². The van der Waals surface area contributed by atoms with E-state index in [0.717, 1.165) is 0 Å². The number of ether oxygens (including phenoxy) is 5. The monoisotopic (exact) mass is 536 g/mol. The van der Waals surface area contributed by atoms with Crippen LogP contribution in [-0.2, 0) is 23.7 Å². The number of aliphatic hydroxyl groups excluding tert-OH is 11. The summed E-state index contributed by atoms with van der Waals surface area (Å²) in [6, 6.07) is 0. The van der Waals surface area contributed by atoms with Crippen molar-refractivity contribution in [2.75, 3.05) is 19.8 Å². The fourth-order valence-electron chi connectivity index (χ4n) is 4.13. The molecular weight excluding hydrogens is 504 g/mol. The first-order valence-electron chi connectivity index (χ1n) is 10.8. The molecule has 0 amide bonds. The summed E-state index contributed by atoms with van der Waals surface area (Å²) in [5.74, 6) is -6.18. The first kappa shape index (κ1) is 29.8. The van der Waals surface area contributed by atoms with Crippen LogP contribution >= 0.6 is 0 Å². The van der Waals surface area contributed by atoms with Crippen LogP contribution in [0.25, 0.3) is 0 Å². The molecule has 13 N–H and O–H groups in total. The van der Waals surface area contributed by atoms with Crippen molar-refractivity contribution in [2.45, 2.75) is 91.5 Å². The average molecular weight is 536 g/mol. The van der Waals surface area contributed by atoms with E-state index in [1.165, 1.54) is 0 Å². The Hall–Kier alpha value is -0.720. The summed E-state index contributed by atoms with van der Waals surface area (Å²) >= 11 is 0. The number of hydrogen-bond donors (Lipinski definition) is 13. The van der Waals surface area contributed by atoms with Gasteiger partial charge in [0.15, 0.2) is 18.9 Å². The van der Waals surface area contributed by atoms with Gasteiger partial charge in [-0.3, -0.25) is 0 Å². The third kappa shape index (κ3) is 5.00. The maximum atomic E-state index is 10.9. The molecular formula is C18H32O18. The third-order valence-electron chi connectivity index (χ3n) is 6.38. The molecule has 3 aliphatic rings. The van der Waals surface area contributed by atoms with Crippen LogP contribution < -0.4 is 0 Å². The minimum Gasteiger partial charge on any atom is -0.394 e. The highest BCUT2D eigenvalue weighted by molar-refractivity contribution is 5.01. The summed E-state index contributed by atoms with van der Waals surface area (Å²) in [5, 5.41) is 131. The minimum atomic E-state index is -3.11. The van der Waals surface area contributed by atoms with Crippen molar-refractivity contribution in [3.8, 4) is 0 Å². The Morgan fingerprint density at radius 2 is 1.00 bits per heavy atom. The second-order valence-corrected chi connectivity index (χ2v) is 8.68. The summed E-state index contributed by atoms with van der Waals surface area (Å²) in [7, 11) is 0. The van der Waals surface area contributed by atoms with E-state index in [9.17, 15) is 66.4 Å². The second kappa shape index (κ2) is 11.2. The Kier molecular flexibility index (Phi) is 9.26. The Morgan fingerprint density at radius 1 is 0.528 bits per heavy atom. The molecule has 3 aliphatic heterocycles. The summed E-state index contributed by atoms with van der Waals surface area (Å²) in [6.07, 6.45) is -26.9. The lowest BCUT2D eigenvalue weighted by molar-refractivity contribution is -0.472. The Labute approximate surface area is 202 Å². The molecule has 36 heavy (non-hydrogen) atoms. The predicted molar refractivity (Wildman–Crippen MR) is 104 cm³/mol. The van der Waals surface area contributed by atoms with Gasteiger partial charge in [-0.25, -0.2) is 0 Å². The highest BCUT2D eigenvalue weighted by Gasteiger charge is 2.63. The van der Waals surface area contributed by atoms with Crippen molar-refractivity contribution < 1.29 is 90.1 Å². The van der Waals surface area contributed by atoms with E-state index in [0.29, 0.717) is 0 Å². The fraction of sp³-hybridized carbons (Fsp3) is 1.00. The molecule has 3 fully saturated rings. The zero-order valence-electron chi connectivity index (χ0n) is 18.5. The van der Waals surface area contributed by atoms with Crippen LogP contribution in [0.5, 0.6) is 0 Å². The number of hydrogen-bond acceptors (Lipinski definition) is 18. The van der Waals surface area contributed by atoms with Crippen molar-refractivity contribution in [1.82, 2.24) is 0 Å². The van der Waals surface area contributed by atoms with Crippen molar-refractivity contribution in [3.05, 3.63) is 0 Å². The largest absolute Gasteiger partial charge is 0.394 e. The Balaban J connectivity index is 1.82. The van der Waals surface area contributed by atoms with Gasteiger partial charge in [0, 0.05) is 0 Å². The quantitative estimate of drug-likeness (QED) is 0.134. The Bertz CT molecular complexity index is 720. The maximum absolute atomic E-state index is 10.9. The molecule has 3 saturated heterocycles. The van der Waals surface area contributed by atoms with Gasteiger partial charge in [0.25, 0.3) is 0 Å². The first-order valence-corrected chi connectivity index (χ1v) is 10.8. The summed E-state index contributed by atoms with van der Waals surface area (Å²) in [6.45, 7) is -3.13. The lowest BCUT2D eigenvalue weighted by atomic mass is 9.92. The van der Waals surface area contributed by atoms with Crippen molar-refractivity contribution in [2.24, 2.45) is 0 Å². The molecule has 0 aliphatic carbocycles. The third-order valence-corrected chi connectivity index (χ3v) is 6.38. The van der Waals surface area contributed by atoms with Crippen LogP contribution in [0.4, 0.5) is 0 Å². The average Bonchev–Trinajstić information content (AvgIpc) is 2.86. The summed E-state index contributed by atoms with van der Waals surface area (Å²) in [5.41, 5.74) is 0. The summed E-state index contributed by atoms with van der Waals surface area (Å²) in [4.78, 5) is 0. The molecule has 3 heterocycles. The van der Waals surface area contributed by atoms with Crippen LogP contribution in [0.2, 0.25) is 0 Å². The van der Waals surface area contributed by atoms with Gasteiger partial charge >= 0.3 is 0 Å². The second-order valence-electron chi connectivity index (χ2n) is 8.68. The van der Waals surface area contributed by atoms with Crippen molar-refractivity contribution in [1.29, 1.82) is 0 Å². The zero-order chi connectivity index (χ0) is 27.2. The van der Waals surface area contributed by atoms with Gasteiger partial charge in [-0.2, -0.15) is 0 Å². The molecule has 0 spiro atoms. The van der Waals surface area contributed by atoms with Crippen LogP contribution in [-0.4, -0.2) is 178 Å². The van der Waals surface area contributed by atoms with Crippen LogP contribution in [0.1, 0.15) is 0 Å². The van der Waals surface area contributed by atoms with E-state index in [1.807, 2.05) is 0 Å². The highest BCUT2D eigenvalue weighted by Crippen LogP contribution is 2.39. The molecule has 0 saturated carbocycles. The molecule has 0 aromatic carbocycles. The SMILES string of the molecule is OC[C@@H]1O[C@H](O[C@@]2(O)[C@H](CO)O[C@H](O[C@@]3(O)[C@H](CO)O[C@H](O)[C@@H](O)[C@@H]3O)[C@@H](O)[C@@H]2O)[C@@H](O)[C@H](O)[C@H]1O. The van der Waals surface area contributed by atoms with Crippen molar-refractivity contribution >= 4 is 0 Å². The lowest BCUT2D eigenvalue weighted by Gasteiger charge is -2.52. The van der Waals surface area contributed by atoms with Crippen molar-refractivity contribution in [3.63, 3.8) is 0 Å². The topological polar surface area (TPSA) is 309 Å². The fourth-order valence-corrected chi connectivity index (χ4v) is 4.13. The highest BCUT2D eigenvalue weighted by atomic mass is 16.8. The van der Waals surface area contributed by atoms with Gasteiger partial charge in [-0.1, -0.05) is 0 Å². The number of rotatable bonds is 7. The van der Waals surface area contributed by atoms with E-state index in [2.05, 4.69) is 0 Å². The standard InChI is InChI=1S/C18H32O18/c19-1-4-7(22)8(23)9(24)15(32-4)35-18(31)6(3-21)34-16(11(26)13(18)28)36-17(30)5(2-20)33-14(29)10(25)12(17)27/h4-16,19-31H,1-3H2/t4-,5-,6-,7-,8+,9-,10-,11-,12-,13-,14-,15+,16+,17-,18-/m0/s1. The van der Waals surface area contributed by atoms with E-state index in [-0.39, 0.29) is 0 Å². The molecule has 3 rings (SSSR count). The smallest absolute Gasteiger partial charge is 0.226 e. The summed E-state index contributed by atoms with van der Waals surface area (Å²) < 4.78 is 25.2. The van der Waals surface area contributed by atoms with Crippen LogP contribution in [0, 0.1) is 0 Å². The van der Waals surface area contributed by atoms with Gasteiger partial charge < -0.3 is 90.1 Å². The molecule has 212 valence electrons. The molecule has 0 unspecified atom stereocenters. The maximum Gasteiger partial charge on any atom is 0.226 e. The molecule has 18 nitrogen and oxygen atoms in total. The lowest BCUT2D eigenvalue weighted by Crippen LogP contribution is -2.74. The van der Waals surface area contributed by atoms with Gasteiger partial charge in [0.1, 0.15) is 61.0 Å². The Morgan fingerprint density at radius 3 is 1.50 bits per heavy atom. The molecule has 0 radical (unpaired) electrons. The molecule has 0 aromatic rings. The predicted octanol–water partition coefficient (Wildman–Crippen LogP) is -8.93. The van der Waals surface area contributed by atoms with E-state index in [4.69, 9.17) is 23.7 Å². The zero-order valence-corrected chi connectivity index (χ0v) is 18.5. The van der Waals surface area contributed by atoms with Crippen LogP contribution in [0.15, 0.2) is 0 Å². The normalized spacial score (nSPS) is 54.4. The minimum absolute atomic E-state index is 0.861. The first-order chi connectivity index (χ1) is 16.8. The van der Waals surface area contributed by atoms with Gasteiger partial charge in [-0.15, -0.1) is 0 Å². The van der Waals surface area contributed by atoms with E-state index < -0.39 is 111 Å². The van der Waals surface area contributed by atoms with Gasteiger partial charge in [-0.05, 0) is 0 Å².